The number of furan rings is 1. The van der Waals surface area contributed by atoms with Gasteiger partial charge in [-0.2, -0.15) is 5.10 Å². The SMILES string of the molecule is Cc1ccc(C2=NN(C(=O)C[NH+](C)CC(=O)NC(C)C)[C@@H](c3ccco3)C2)cc1. The molecular weight excluding hydrogens is 368 g/mol. The Hall–Kier alpha value is -2.93. The van der Waals surface area contributed by atoms with E-state index in [9.17, 15) is 9.59 Å². The Morgan fingerprint density at radius 1 is 1.24 bits per heavy atom. The molecule has 0 saturated carbocycles. The van der Waals surface area contributed by atoms with Crippen molar-refractivity contribution in [3.05, 3.63) is 59.5 Å². The first-order valence-electron chi connectivity index (χ1n) is 9.94. The van der Waals surface area contributed by atoms with Crippen LogP contribution in [-0.2, 0) is 9.59 Å². The molecule has 7 nitrogen and oxygen atoms in total. The summed E-state index contributed by atoms with van der Waals surface area (Å²) in [6.07, 6.45) is 2.20. The lowest BCUT2D eigenvalue weighted by Crippen LogP contribution is -3.11. The largest absolute Gasteiger partial charge is 0.467 e. The highest BCUT2D eigenvalue weighted by Gasteiger charge is 2.36. The van der Waals surface area contributed by atoms with Gasteiger partial charge in [0.05, 0.1) is 19.0 Å². The molecule has 29 heavy (non-hydrogen) atoms. The van der Waals surface area contributed by atoms with Crippen LogP contribution in [0.3, 0.4) is 0 Å². The smallest absolute Gasteiger partial charge is 0.298 e. The molecule has 0 aliphatic carbocycles. The fourth-order valence-corrected chi connectivity index (χ4v) is 3.41. The van der Waals surface area contributed by atoms with E-state index >= 15 is 0 Å². The van der Waals surface area contributed by atoms with Gasteiger partial charge in [0.25, 0.3) is 11.8 Å². The van der Waals surface area contributed by atoms with Crippen molar-refractivity contribution in [2.75, 3.05) is 20.1 Å². The number of rotatable bonds is 7. The number of amides is 2. The van der Waals surface area contributed by atoms with Gasteiger partial charge in [0, 0.05) is 12.5 Å². The highest BCUT2D eigenvalue weighted by Crippen LogP contribution is 2.32. The summed E-state index contributed by atoms with van der Waals surface area (Å²) >= 11 is 0. The van der Waals surface area contributed by atoms with Crippen molar-refractivity contribution in [1.82, 2.24) is 10.3 Å². The van der Waals surface area contributed by atoms with Crippen LogP contribution >= 0.6 is 0 Å². The Balaban J connectivity index is 1.74. The number of carbonyl (C=O) groups is 2. The lowest BCUT2D eigenvalue weighted by Gasteiger charge is -2.21. The fourth-order valence-electron chi connectivity index (χ4n) is 3.41. The summed E-state index contributed by atoms with van der Waals surface area (Å²) in [5, 5.41) is 9.00. The van der Waals surface area contributed by atoms with Crippen molar-refractivity contribution in [3.8, 4) is 0 Å². The van der Waals surface area contributed by atoms with Crippen molar-refractivity contribution in [2.45, 2.75) is 39.3 Å². The van der Waals surface area contributed by atoms with Crippen LogP contribution in [0.1, 0.15) is 43.2 Å². The van der Waals surface area contributed by atoms with E-state index in [-0.39, 0.29) is 37.0 Å². The Morgan fingerprint density at radius 2 is 1.97 bits per heavy atom. The maximum atomic E-state index is 13.0. The zero-order valence-corrected chi connectivity index (χ0v) is 17.4. The van der Waals surface area contributed by atoms with Crippen LogP contribution in [0, 0.1) is 6.92 Å². The van der Waals surface area contributed by atoms with Gasteiger partial charge in [0.1, 0.15) is 11.8 Å². The third-order valence-corrected chi connectivity index (χ3v) is 4.79. The second-order valence-electron chi connectivity index (χ2n) is 7.92. The summed E-state index contributed by atoms with van der Waals surface area (Å²) in [4.78, 5) is 25.8. The summed E-state index contributed by atoms with van der Waals surface area (Å²) in [5.41, 5.74) is 3.03. The van der Waals surface area contributed by atoms with Gasteiger partial charge in [-0.3, -0.25) is 9.59 Å². The van der Waals surface area contributed by atoms with Crippen LogP contribution in [0.5, 0.6) is 0 Å². The maximum absolute atomic E-state index is 13.0. The molecule has 2 amide bonds. The molecule has 7 heteroatoms. The number of nitrogens with one attached hydrogen (secondary N) is 2. The quantitative estimate of drug-likeness (QED) is 0.739. The third kappa shape index (κ3) is 5.32. The summed E-state index contributed by atoms with van der Waals surface area (Å²) in [6, 6.07) is 11.6. The second-order valence-corrected chi connectivity index (χ2v) is 7.92. The van der Waals surface area contributed by atoms with Gasteiger partial charge in [0.15, 0.2) is 13.1 Å². The fraction of sp³-hybridized carbons (Fsp3) is 0.409. The highest BCUT2D eigenvalue weighted by atomic mass is 16.3. The maximum Gasteiger partial charge on any atom is 0.298 e. The standard InChI is InChI=1S/C22H28N4O3/c1-15(2)23-21(27)13-25(4)14-22(28)26-19(20-6-5-11-29-20)12-18(24-26)17-9-7-16(3)8-10-17/h5-11,15,19H,12-14H2,1-4H3,(H,23,27)/p+1/t19-/m1/s1. The molecule has 0 saturated heterocycles. The van der Waals surface area contributed by atoms with Gasteiger partial charge in [-0.1, -0.05) is 29.8 Å². The molecule has 2 atom stereocenters. The summed E-state index contributed by atoms with van der Waals surface area (Å²) < 4.78 is 5.58. The number of carbonyl (C=O) groups excluding carboxylic acids is 2. The van der Waals surface area contributed by atoms with E-state index < -0.39 is 0 Å². The minimum atomic E-state index is -0.272. The molecule has 2 heterocycles. The van der Waals surface area contributed by atoms with Gasteiger partial charge in [0.2, 0.25) is 0 Å². The molecule has 0 fully saturated rings. The van der Waals surface area contributed by atoms with Crippen molar-refractivity contribution < 1.29 is 18.9 Å². The molecular formula is C22H29N4O3+. The van der Waals surface area contributed by atoms with E-state index in [1.54, 1.807) is 6.26 Å². The molecule has 0 spiro atoms. The van der Waals surface area contributed by atoms with Crippen molar-refractivity contribution >= 4 is 17.5 Å². The van der Waals surface area contributed by atoms with Crippen molar-refractivity contribution in [3.63, 3.8) is 0 Å². The average molecular weight is 397 g/mol. The first kappa shape index (κ1) is 20.8. The van der Waals surface area contributed by atoms with E-state index in [1.165, 1.54) is 10.6 Å². The average Bonchev–Trinajstić information content (AvgIpc) is 3.31. The molecule has 2 N–H and O–H groups in total. The predicted molar refractivity (Wildman–Crippen MR) is 111 cm³/mol. The molecule has 0 bridgehead atoms. The number of nitrogens with zero attached hydrogens (tertiary/aromatic N) is 2. The molecule has 1 aliphatic rings. The zero-order valence-electron chi connectivity index (χ0n) is 17.4. The normalized spacial score (nSPS) is 17.3. The zero-order chi connectivity index (χ0) is 21.0. The summed E-state index contributed by atoms with van der Waals surface area (Å²) in [5.74, 6) is 0.501. The number of hydrogen-bond donors (Lipinski definition) is 2. The van der Waals surface area contributed by atoms with Crippen molar-refractivity contribution in [1.29, 1.82) is 0 Å². The minimum absolute atomic E-state index is 0.0712. The van der Waals surface area contributed by atoms with Crippen LogP contribution in [-0.4, -0.2) is 48.7 Å². The highest BCUT2D eigenvalue weighted by molar-refractivity contribution is 6.03. The van der Waals surface area contributed by atoms with Gasteiger partial charge >= 0.3 is 0 Å². The number of quaternary nitrogens is 1. The molecule has 2 aromatic rings. The summed E-state index contributed by atoms with van der Waals surface area (Å²) in [6.45, 7) is 6.27. The number of hydrogen-bond acceptors (Lipinski definition) is 4. The first-order chi connectivity index (χ1) is 13.8. The van der Waals surface area contributed by atoms with Gasteiger partial charge in [-0.05, 0) is 38.5 Å². The van der Waals surface area contributed by atoms with Gasteiger partial charge in [-0.15, -0.1) is 0 Å². The molecule has 3 rings (SSSR count). The third-order valence-electron chi connectivity index (χ3n) is 4.79. The Kier molecular flexibility index (Phi) is 6.49. The molecule has 0 radical (unpaired) electrons. The summed E-state index contributed by atoms with van der Waals surface area (Å²) in [7, 11) is 1.83. The molecule has 1 unspecified atom stereocenters. The van der Waals surface area contributed by atoms with Crippen LogP contribution in [0.2, 0.25) is 0 Å². The Bertz CT molecular complexity index is 872. The molecule has 1 aromatic heterocycles. The van der Waals surface area contributed by atoms with E-state index in [2.05, 4.69) is 10.4 Å². The van der Waals surface area contributed by atoms with Crippen LogP contribution in [0.15, 0.2) is 52.2 Å². The molecule has 1 aromatic carbocycles. The minimum Gasteiger partial charge on any atom is -0.467 e. The Morgan fingerprint density at radius 3 is 2.59 bits per heavy atom. The first-order valence-corrected chi connectivity index (χ1v) is 9.94. The van der Waals surface area contributed by atoms with Gasteiger partial charge < -0.3 is 14.6 Å². The predicted octanol–water partition coefficient (Wildman–Crippen LogP) is 1.31. The number of hydrazone groups is 1. The topological polar surface area (TPSA) is 79.3 Å². The number of benzene rings is 1. The van der Waals surface area contributed by atoms with Crippen LogP contribution < -0.4 is 10.2 Å². The molecule has 1 aliphatic heterocycles. The lowest BCUT2D eigenvalue weighted by atomic mass is 10.0. The van der Waals surface area contributed by atoms with E-state index in [0.717, 1.165) is 16.2 Å². The van der Waals surface area contributed by atoms with Crippen LogP contribution in [0.4, 0.5) is 0 Å². The van der Waals surface area contributed by atoms with Gasteiger partial charge in [-0.25, -0.2) is 5.01 Å². The van der Waals surface area contributed by atoms with Crippen LogP contribution in [0.25, 0.3) is 0 Å². The van der Waals surface area contributed by atoms with E-state index in [1.807, 2.05) is 64.2 Å². The second kappa shape index (κ2) is 9.05. The van der Waals surface area contributed by atoms with E-state index in [0.29, 0.717) is 12.2 Å². The molecule has 154 valence electrons. The lowest BCUT2D eigenvalue weighted by molar-refractivity contribution is -0.863. The Labute approximate surface area is 171 Å². The number of likely N-dealkylation sites (N-methyl/N-ethyl adjacent to an activating group) is 1. The van der Waals surface area contributed by atoms with Crippen molar-refractivity contribution in [2.24, 2.45) is 5.10 Å². The monoisotopic (exact) mass is 397 g/mol. The number of aryl methyl sites for hydroxylation is 1. The van der Waals surface area contributed by atoms with E-state index in [4.69, 9.17) is 4.42 Å².